The minimum atomic E-state index is -3.94. The van der Waals surface area contributed by atoms with E-state index in [-0.39, 0.29) is 17.4 Å². The van der Waals surface area contributed by atoms with Crippen molar-refractivity contribution >= 4 is 27.6 Å². The minimum absolute atomic E-state index is 0.0904. The zero-order valence-corrected chi connectivity index (χ0v) is 18.5. The van der Waals surface area contributed by atoms with Crippen molar-refractivity contribution in [1.82, 2.24) is 4.72 Å². The molecule has 3 aromatic carbocycles. The predicted molar refractivity (Wildman–Crippen MR) is 120 cm³/mol. The summed E-state index contributed by atoms with van der Waals surface area (Å²) in [6.45, 7) is 1.88. The van der Waals surface area contributed by atoms with Crippen LogP contribution in [0, 0.1) is 0 Å². The average Bonchev–Trinajstić information content (AvgIpc) is 3.50. The van der Waals surface area contributed by atoms with Crippen LogP contribution in [0.3, 0.4) is 0 Å². The molecule has 0 saturated heterocycles. The first kappa shape index (κ1) is 21.6. The fourth-order valence-corrected chi connectivity index (χ4v) is 5.28. The molecule has 1 N–H and O–H groups in total. The Morgan fingerprint density at radius 2 is 1.58 bits per heavy atom. The second-order valence-electron chi connectivity index (χ2n) is 7.50. The molecule has 0 heterocycles. The molecule has 160 valence electrons. The van der Waals surface area contributed by atoms with Crippen LogP contribution < -0.4 is 4.72 Å². The molecule has 0 bridgehead atoms. The molecule has 4 rings (SSSR count). The molecule has 7 heteroatoms. The van der Waals surface area contributed by atoms with Crippen molar-refractivity contribution in [3.8, 4) is 11.1 Å². The maximum atomic E-state index is 13.1. The Labute approximate surface area is 187 Å². The molecule has 1 aliphatic rings. The van der Waals surface area contributed by atoms with E-state index in [1.165, 1.54) is 12.1 Å². The number of esters is 1. The summed E-state index contributed by atoms with van der Waals surface area (Å²) in [6, 6.07) is 23.2. The number of carbonyl (C=O) groups is 1. The highest BCUT2D eigenvalue weighted by atomic mass is 35.5. The van der Waals surface area contributed by atoms with Crippen molar-refractivity contribution in [2.45, 2.75) is 29.7 Å². The number of halogens is 1. The summed E-state index contributed by atoms with van der Waals surface area (Å²) in [4.78, 5) is 12.8. The van der Waals surface area contributed by atoms with Gasteiger partial charge in [-0.05, 0) is 54.3 Å². The smallest absolute Gasteiger partial charge is 0.327 e. The van der Waals surface area contributed by atoms with Crippen molar-refractivity contribution < 1.29 is 17.9 Å². The third-order valence-corrected chi connectivity index (χ3v) is 7.24. The maximum Gasteiger partial charge on any atom is 0.327 e. The second kappa shape index (κ2) is 8.46. The van der Waals surface area contributed by atoms with Gasteiger partial charge in [-0.15, -0.1) is 0 Å². The first-order chi connectivity index (χ1) is 14.9. The quantitative estimate of drug-likeness (QED) is 0.520. The van der Waals surface area contributed by atoms with Crippen molar-refractivity contribution in [2.75, 3.05) is 6.61 Å². The van der Waals surface area contributed by atoms with Crippen LogP contribution in [0.1, 0.15) is 24.8 Å². The predicted octanol–water partition coefficient (Wildman–Crippen LogP) is 4.77. The summed E-state index contributed by atoms with van der Waals surface area (Å²) in [5, 5.41) is 0.633. The van der Waals surface area contributed by atoms with Gasteiger partial charge in [0.2, 0.25) is 10.0 Å². The van der Waals surface area contributed by atoms with E-state index in [9.17, 15) is 13.2 Å². The highest BCUT2D eigenvalue weighted by Crippen LogP contribution is 2.53. The highest BCUT2D eigenvalue weighted by Gasteiger charge is 2.64. The van der Waals surface area contributed by atoms with Gasteiger partial charge in [-0.1, -0.05) is 66.2 Å². The van der Waals surface area contributed by atoms with Gasteiger partial charge < -0.3 is 4.74 Å². The lowest BCUT2D eigenvalue weighted by atomic mass is 10.1. The van der Waals surface area contributed by atoms with Crippen LogP contribution in [0.2, 0.25) is 5.02 Å². The topological polar surface area (TPSA) is 72.5 Å². The van der Waals surface area contributed by atoms with Crippen LogP contribution in [-0.4, -0.2) is 26.5 Å². The lowest BCUT2D eigenvalue weighted by Gasteiger charge is -2.18. The third kappa shape index (κ3) is 4.37. The Hall–Kier alpha value is -2.67. The van der Waals surface area contributed by atoms with E-state index < -0.39 is 21.5 Å². The molecule has 0 spiro atoms. The van der Waals surface area contributed by atoms with E-state index in [2.05, 4.69) is 4.72 Å². The summed E-state index contributed by atoms with van der Waals surface area (Å²) >= 11 is 5.93. The molecule has 1 saturated carbocycles. The number of nitrogens with one attached hydrogen (secondary N) is 1. The van der Waals surface area contributed by atoms with Gasteiger partial charge in [-0.2, -0.15) is 4.72 Å². The van der Waals surface area contributed by atoms with E-state index in [0.29, 0.717) is 11.4 Å². The molecule has 0 unspecified atom stereocenters. The largest absolute Gasteiger partial charge is 0.465 e. The van der Waals surface area contributed by atoms with Crippen LogP contribution >= 0.6 is 11.6 Å². The van der Waals surface area contributed by atoms with Crippen molar-refractivity contribution in [1.29, 1.82) is 0 Å². The monoisotopic (exact) mass is 455 g/mol. The first-order valence-corrected chi connectivity index (χ1v) is 11.8. The van der Waals surface area contributed by atoms with Gasteiger partial charge in [0.25, 0.3) is 0 Å². The Bertz CT molecular complexity index is 1180. The number of benzene rings is 3. The van der Waals surface area contributed by atoms with Crippen LogP contribution in [0.15, 0.2) is 83.8 Å². The fourth-order valence-electron chi connectivity index (χ4n) is 3.76. The maximum absolute atomic E-state index is 13.1. The molecule has 5 nitrogen and oxygen atoms in total. The van der Waals surface area contributed by atoms with Crippen LogP contribution in [0.25, 0.3) is 11.1 Å². The third-order valence-electron chi connectivity index (χ3n) is 5.46. The molecular formula is C24H22ClNO4S. The molecular weight excluding hydrogens is 434 g/mol. The number of rotatable bonds is 7. The molecule has 2 atom stereocenters. The fraction of sp³-hybridized carbons (Fsp3) is 0.208. The zero-order valence-electron chi connectivity index (χ0n) is 16.9. The normalized spacial score (nSPS) is 20.3. The van der Waals surface area contributed by atoms with Crippen LogP contribution in [0.4, 0.5) is 0 Å². The number of hydrogen-bond donors (Lipinski definition) is 1. The van der Waals surface area contributed by atoms with Gasteiger partial charge in [0.05, 0.1) is 11.5 Å². The molecule has 0 aromatic heterocycles. The van der Waals surface area contributed by atoms with E-state index >= 15 is 0 Å². The van der Waals surface area contributed by atoms with Crippen LogP contribution in [0.5, 0.6) is 0 Å². The van der Waals surface area contributed by atoms with Crippen LogP contribution in [-0.2, 0) is 19.6 Å². The molecule has 0 aliphatic heterocycles. The van der Waals surface area contributed by atoms with Gasteiger partial charge in [0.1, 0.15) is 5.54 Å². The van der Waals surface area contributed by atoms with Gasteiger partial charge in [0, 0.05) is 10.9 Å². The lowest BCUT2D eigenvalue weighted by molar-refractivity contribution is -0.146. The Balaban J connectivity index is 1.60. The number of ether oxygens (including phenoxy) is 1. The summed E-state index contributed by atoms with van der Waals surface area (Å²) < 4.78 is 34.1. The first-order valence-electron chi connectivity index (χ1n) is 9.98. The highest BCUT2D eigenvalue weighted by molar-refractivity contribution is 7.89. The summed E-state index contributed by atoms with van der Waals surface area (Å²) in [5.74, 6) is -0.818. The molecule has 1 aliphatic carbocycles. The summed E-state index contributed by atoms with van der Waals surface area (Å²) in [5.41, 5.74) is 1.40. The van der Waals surface area contributed by atoms with Gasteiger partial charge >= 0.3 is 5.97 Å². The Kier molecular flexibility index (Phi) is 5.88. The average molecular weight is 456 g/mol. The molecule has 3 aromatic rings. The van der Waals surface area contributed by atoms with Gasteiger partial charge in [0.15, 0.2) is 0 Å². The van der Waals surface area contributed by atoms with Gasteiger partial charge in [-0.25, -0.2) is 13.2 Å². The van der Waals surface area contributed by atoms with E-state index in [0.717, 1.165) is 16.7 Å². The number of carbonyl (C=O) groups excluding carboxylic acids is 1. The van der Waals surface area contributed by atoms with E-state index in [4.69, 9.17) is 16.3 Å². The number of sulfonamides is 1. The summed E-state index contributed by atoms with van der Waals surface area (Å²) in [7, 11) is -3.94. The van der Waals surface area contributed by atoms with E-state index in [1.807, 2.05) is 42.5 Å². The molecule has 0 radical (unpaired) electrons. The minimum Gasteiger partial charge on any atom is -0.465 e. The SMILES string of the molecule is CCOC(=O)[C@]1(NS(=O)(=O)c2ccc(-c3ccc(Cl)cc3)cc2)C[C@@H]1c1ccccc1. The second-order valence-corrected chi connectivity index (χ2v) is 9.61. The number of hydrogen-bond acceptors (Lipinski definition) is 4. The van der Waals surface area contributed by atoms with Crippen molar-refractivity contribution in [3.05, 3.63) is 89.4 Å². The Morgan fingerprint density at radius 1 is 1.00 bits per heavy atom. The summed E-state index contributed by atoms with van der Waals surface area (Å²) in [6.07, 6.45) is 0.359. The molecule has 31 heavy (non-hydrogen) atoms. The van der Waals surface area contributed by atoms with Crippen molar-refractivity contribution in [2.24, 2.45) is 0 Å². The molecule has 0 amide bonds. The van der Waals surface area contributed by atoms with Crippen molar-refractivity contribution in [3.63, 3.8) is 0 Å². The zero-order chi connectivity index (χ0) is 22.1. The van der Waals surface area contributed by atoms with E-state index in [1.54, 1.807) is 31.2 Å². The Morgan fingerprint density at radius 3 is 2.16 bits per heavy atom. The lowest BCUT2D eigenvalue weighted by Crippen LogP contribution is -2.45. The molecule has 1 fully saturated rings. The van der Waals surface area contributed by atoms with Gasteiger partial charge in [-0.3, -0.25) is 0 Å². The standard InChI is InChI=1S/C24H22ClNO4S/c1-2-30-23(27)24(16-22(24)19-6-4-3-5-7-19)26-31(28,29)21-14-10-18(11-15-21)17-8-12-20(25)13-9-17/h3-15,22,26H,2,16H2,1H3/t22-,24+/m1/s1.